The second-order valence-corrected chi connectivity index (χ2v) is 8.25. The van der Waals surface area contributed by atoms with E-state index in [1.165, 1.54) is 18.4 Å². The molecular weight excluding hydrogens is 358 g/mol. The van der Waals surface area contributed by atoms with Crippen LogP contribution in [0.3, 0.4) is 0 Å². The Morgan fingerprint density at radius 2 is 2.11 bits per heavy atom. The third-order valence-corrected chi connectivity index (χ3v) is 6.50. The number of aromatic nitrogens is 3. The molecule has 0 bridgehead atoms. The van der Waals surface area contributed by atoms with E-state index in [1.807, 2.05) is 17.2 Å². The van der Waals surface area contributed by atoms with Crippen molar-refractivity contribution >= 4 is 22.8 Å². The first-order valence-electron chi connectivity index (χ1n) is 9.65. The zero-order valence-electron chi connectivity index (χ0n) is 15.7. The first-order chi connectivity index (χ1) is 13.2. The predicted molar refractivity (Wildman–Crippen MR) is 107 cm³/mol. The van der Waals surface area contributed by atoms with Crippen LogP contribution in [0.4, 0.5) is 0 Å². The Kier molecular flexibility index (Phi) is 5.59. The second-order valence-electron chi connectivity index (χ2n) is 7.22. The number of likely N-dealkylation sites (tertiary alicyclic amines) is 1. The lowest BCUT2D eigenvalue weighted by Gasteiger charge is -2.28. The molecule has 0 N–H and O–H groups in total. The SMILES string of the molecule is CCC1CCN(CC(=O)N2CC=C(c3ncc(-c4ncccn4)s3)CC2)C1. The molecule has 1 amide bonds. The third-order valence-electron chi connectivity index (χ3n) is 5.43. The summed E-state index contributed by atoms with van der Waals surface area (Å²) in [5.74, 6) is 1.73. The van der Waals surface area contributed by atoms with Crippen molar-refractivity contribution in [3.8, 4) is 10.7 Å². The van der Waals surface area contributed by atoms with E-state index in [0.717, 1.165) is 41.9 Å². The molecule has 4 rings (SSSR count). The molecule has 2 aromatic rings. The monoisotopic (exact) mass is 383 g/mol. The number of carbonyl (C=O) groups excluding carboxylic acids is 1. The van der Waals surface area contributed by atoms with Gasteiger partial charge in [-0.25, -0.2) is 15.0 Å². The molecule has 142 valence electrons. The fourth-order valence-corrected chi connectivity index (χ4v) is 4.66. The lowest BCUT2D eigenvalue weighted by atomic mass is 10.1. The zero-order valence-corrected chi connectivity index (χ0v) is 16.5. The third kappa shape index (κ3) is 4.25. The molecule has 0 saturated carbocycles. The van der Waals surface area contributed by atoms with Crippen molar-refractivity contribution in [3.63, 3.8) is 0 Å². The molecule has 0 radical (unpaired) electrons. The van der Waals surface area contributed by atoms with Crippen molar-refractivity contribution in [3.05, 3.63) is 35.7 Å². The van der Waals surface area contributed by atoms with Gasteiger partial charge in [-0.3, -0.25) is 9.69 Å². The highest BCUT2D eigenvalue weighted by atomic mass is 32.1. The second kappa shape index (κ2) is 8.27. The molecule has 2 aliphatic heterocycles. The van der Waals surface area contributed by atoms with Crippen LogP contribution in [0.2, 0.25) is 0 Å². The highest BCUT2D eigenvalue weighted by Gasteiger charge is 2.26. The number of thiazole rings is 1. The van der Waals surface area contributed by atoms with Crippen LogP contribution >= 0.6 is 11.3 Å². The summed E-state index contributed by atoms with van der Waals surface area (Å²) >= 11 is 1.61. The molecule has 7 heteroatoms. The van der Waals surface area contributed by atoms with Crippen molar-refractivity contribution < 1.29 is 4.79 Å². The maximum absolute atomic E-state index is 12.6. The highest BCUT2D eigenvalue weighted by molar-refractivity contribution is 7.16. The van der Waals surface area contributed by atoms with Crippen LogP contribution in [0.1, 0.15) is 31.2 Å². The van der Waals surface area contributed by atoms with Crippen LogP contribution in [0.25, 0.3) is 16.3 Å². The van der Waals surface area contributed by atoms with Gasteiger partial charge in [-0.2, -0.15) is 0 Å². The highest BCUT2D eigenvalue weighted by Crippen LogP contribution is 2.30. The Balaban J connectivity index is 1.35. The maximum atomic E-state index is 12.6. The van der Waals surface area contributed by atoms with Crippen molar-refractivity contribution in [2.45, 2.75) is 26.2 Å². The Labute approximate surface area is 164 Å². The van der Waals surface area contributed by atoms with Crippen LogP contribution in [-0.4, -0.2) is 63.4 Å². The summed E-state index contributed by atoms with van der Waals surface area (Å²) in [6, 6.07) is 1.81. The van der Waals surface area contributed by atoms with Crippen LogP contribution < -0.4 is 0 Å². The Hall–Kier alpha value is -2.12. The Bertz CT molecular complexity index is 819. The van der Waals surface area contributed by atoms with Crippen molar-refractivity contribution in [1.29, 1.82) is 0 Å². The molecule has 0 aromatic carbocycles. The van der Waals surface area contributed by atoms with Crippen molar-refractivity contribution in [1.82, 2.24) is 24.8 Å². The van der Waals surface area contributed by atoms with E-state index in [1.54, 1.807) is 23.7 Å². The molecule has 27 heavy (non-hydrogen) atoms. The average Bonchev–Trinajstić information content (AvgIpc) is 3.38. The number of carbonyl (C=O) groups is 1. The largest absolute Gasteiger partial charge is 0.338 e. The van der Waals surface area contributed by atoms with Gasteiger partial charge < -0.3 is 4.90 Å². The van der Waals surface area contributed by atoms with E-state index in [2.05, 4.69) is 32.9 Å². The lowest BCUT2D eigenvalue weighted by molar-refractivity contribution is -0.131. The quantitative estimate of drug-likeness (QED) is 0.794. The first kappa shape index (κ1) is 18.3. The lowest BCUT2D eigenvalue weighted by Crippen LogP contribution is -2.41. The fourth-order valence-electron chi connectivity index (χ4n) is 3.72. The van der Waals surface area contributed by atoms with E-state index in [9.17, 15) is 4.79 Å². The molecular formula is C20H25N5OS. The molecule has 2 aromatic heterocycles. The van der Waals surface area contributed by atoms with Gasteiger partial charge in [-0.15, -0.1) is 11.3 Å². The minimum absolute atomic E-state index is 0.250. The maximum Gasteiger partial charge on any atom is 0.237 e. The normalized spacial score (nSPS) is 20.7. The summed E-state index contributed by atoms with van der Waals surface area (Å²) in [6.07, 6.45) is 10.8. The van der Waals surface area contributed by atoms with Crippen LogP contribution in [0.15, 0.2) is 30.7 Å². The average molecular weight is 384 g/mol. The topological polar surface area (TPSA) is 62.2 Å². The number of hydrogen-bond donors (Lipinski definition) is 0. The van der Waals surface area contributed by atoms with Gasteiger partial charge in [0.25, 0.3) is 0 Å². The van der Waals surface area contributed by atoms with E-state index in [-0.39, 0.29) is 5.91 Å². The molecule has 0 aliphatic carbocycles. The van der Waals surface area contributed by atoms with Gasteiger partial charge in [0, 0.05) is 38.2 Å². The van der Waals surface area contributed by atoms with Crippen LogP contribution in [0, 0.1) is 5.92 Å². The Morgan fingerprint density at radius 1 is 1.26 bits per heavy atom. The number of amides is 1. The van der Waals surface area contributed by atoms with Gasteiger partial charge >= 0.3 is 0 Å². The molecule has 1 atom stereocenters. The fraction of sp³-hybridized carbons (Fsp3) is 0.500. The van der Waals surface area contributed by atoms with Crippen molar-refractivity contribution in [2.24, 2.45) is 5.92 Å². The van der Waals surface area contributed by atoms with Crippen LogP contribution in [0.5, 0.6) is 0 Å². The molecule has 2 aliphatic rings. The van der Waals surface area contributed by atoms with Gasteiger partial charge in [0.1, 0.15) is 5.01 Å². The minimum atomic E-state index is 0.250. The van der Waals surface area contributed by atoms with Gasteiger partial charge in [0.15, 0.2) is 5.82 Å². The van der Waals surface area contributed by atoms with Gasteiger partial charge in [-0.05, 0) is 36.9 Å². The van der Waals surface area contributed by atoms with E-state index >= 15 is 0 Å². The minimum Gasteiger partial charge on any atom is -0.338 e. The van der Waals surface area contributed by atoms with Crippen molar-refractivity contribution in [2.75, 3.05) is 32.7 Å². The predicted octanol–water partition coefficient (Wildman–Crippen LogP) is 2.95. The molecule has 0 spiro atoms. The number of hydrogen-bond acceptors (Lipinski definition) is 6. The molecule has 1 saturated heterocycles. The summed E-state index contributed by atoms with van der Waals surface area (Å²) in [5, 5.41) is 1.01. The standard InChI is InChI=1S/C20H25N5OS/c1-2-15-4-9-24(13-15)14-18(26)25-10-5-16(6-11-25)20-23-12-17(27-20)19-21-7-3-8-22-19/h3,5,7-8,12,15H,2,4,6,9-11,13-14H2,1H3. The molecule has 4 heterocycles. The summed E-state index contributed by atoms with van der Waals surface area (Å²) in [6.45, 7) is 6.37. The Morgan fingerprint density at radius 3 is 2.81 bits per heavy atom. The molecule has 6 nitrogen and oxygen atoms in total. The molecule has 1 unspecified atom stereocenters. The zero-order chi connectivity index (χ0) is 18.6. The number of rotatable bonds is 5. The number of nitrogens with zero attached hydrogens (tertiary/aromatic N) is 5. The summed E-state index contributed by atoms with van der Waals surface area (Å²) in [7, 11) is 0. The van der Waals surface area contributed by atoms with E-state index in [0.29, 0.717) is 18.9 Å². The first-order valence-corrected chi connectivity index (χ1v) is 10.5. The summed E-state index contributed by atoms with van der Waals surface area (Å²) in [4.78, 5) is 31.0. The van der Waals surface area contributed by atoms with Gasteiger partial charge in [0.05, 0.1) is 11.4 Å². The van der Waals surface area contributed by atoms with Crippen LogP contribution in [-0.2, 0) is 4.79 Å². The van der Waals surface area contributed by atoms with Gasteiger partial charge in [-0.1, -0.05) is 19.4 Å². The summed E-state index contributed by atoms with van der Waals surface area (Å²) < 4.78 is 0. The summed E-state index contributed by atoms with van der Waals surface area (Å²) in [5.41, 5.74) is 1.22. The molecule has 1 fully saturated rings. The van der Waals surface area contributed by atoms with Gasteiger partial charge in [0.2, 0.25) is 5.91 Å². The van der Waals surface area contributed by atoms with E-state index < -0.39 is 0 Å². The smallest absolute Gasteiger partial charge is 0.237 e. The van der Waals surface area contributed by atoms with E-state index in [4.69, 9.17) is 0 Å².